The summed E-state index contributed by atoms with van der Waals surface area (Å²) in [7, 11) is -2.15. The Hall–Kier alpha value is -3.03. The van der Waals surface area contributed by atoms with E-state index in [1.54, 1.807) is 26.8 Å². The number of carboxylic acids is 1. The molecule has 0 aliphatic carbocycles. The van der Waals surface area contributed by atoms with Gasteiger partial charge in [-0.15, -0.1) is 5.73 Å². The number of likely N-dealkylation sites (tertiary alicyclic amines) is 1. The van der Waals surface area contributed by atoms with E-state index in [0.717, 1.165) is 16.1 Å². The summed E-state index contributed by atoms with van der Waals surface area (Å²) in [6.07, 6.45) is -1.23. The summed E-state index contributed by atoms with van der Waals surface area (Å²) >= 11 is 0. The van der Waals surface area contributed by atoms with Crippen LogP contribution in [0.3, 0.4) is 0 Å². The van der Waals surface area contributed by atoms with E-state index in [1.807, 2.05) is 34.6 Å². The highest BCUT2D eigenvalue weighted by Crippen LogP contribution is 2.30. The number of likely N-dealkylation sites (N-methyl/N-ethyl adjacent to an activating group) is 1. The number of hydrogen-bond donors (Lipinski definition) is 4. The van der Waals surface area contributed by atoms with Crippen molar-refractivity contribution in [3.05, 3.63) is 17.4 Å². The van der Waals surface area contributed by atoms with Crippen LogP contribution in [-0.2, 0) is 24.4 Å². The van der Waals surface area contributed by atoms with Gasteiger partial charge in [0.2, 0.25) is 28.3 Å². The second kappa shape index (κ2) is 15.3. The van der Waals surface area contributed by atoms with Gasteiger partial charge in [-0.1, -0.05) is 41.5 Å². The van der Waals surface area contributed by atoms with Gasteiger partial charge in [0.25, 0.3) is 0 Å². The zero-order valence-corrected chi connectivity index (χ0v) is 28.1. The summed E-state index contributed by atoms with van der Waals surface area (Å²) in [6.45, 7) is 14.3. The molecule has 0 spiro atoms. The van der Waals surface area contributed by atoms with Crippen molar-refractivity contribution in [2.75, 3.05) is 26.4 Å². The number of nitrogens with zero attached hydrogens (tertiary/aromatic N) is 2. The number of carbonyl (C=O) groups is 4. The topological polar surface area (TPSA) is 165 Å². The smallest absolute Gasteiger partial charge is 0.326 e. The summed E-state index contributed by atoms with van der Waals surface area (Å²) in [5.74, 6) is -3.50. The summed E-state index contributed by atoms with van der Waals surface area (Å²) in [6, 6.07) is -5.60. The van der Waals surface area contributed by atoms with Crippen LogP contribution in [-0.4, -0.2) is 104 Å². The zero-order chi connectivity index (χ0) is 34.4. The molecule has 4 amide bonds. The maximum absolute atomic E-state index is 14.1. The Morgan fingerprint density at radius 3 is 2.05 bits per heavy atom. The Labute approximate surface area is 259 Å². The van der Waals surface area contributed by atoms with Gasteiger partial charge in [0.1, 0.15) is 18.1 Å². The first-order valence-corrected chi connectivity index (χ1v) is 16.2. The lowest BCUT2D eigenvalue weighted by Crippen LogP contribution is -2.61. The lowest BCUT2D eigenvalue weighted by Gasteiger charge is -2.37. The molecule has 0 radical (unpaired) electrons. The maximum atomic E-state index is 14.1. The van der Waals surface area contributed by atoms with Crippen molar-refractivity contribution in [1.82, 2.24) is 25.2 Å². The number of amides is 4. The van der Waals surface area contributed by atoms with Crippen LogP contribution in [0.2, 0.25) is 0 Å². The van der Waals surface area contributed by atoms with Crippen molar-refractivity contribution >= 4 is 33.8 Å². The number of alkyl halides is 2. The van der Waals surface area contributed by atoms with E-state index in [2.05, 4.69) is 21.7 Å². The maximum Gasteiger partial charge on any atom is 0.326 e. The fourth-order valence-electron chi connectivity index (χ4n) is 4.51. The molecule has 252 valence electrons. The predicted molar refractivity (Wildman–Crippen MR) is 162 cm³/mol. The summed E-state index contributed by atoms with van der Waals surface area (Å²) in [5, 5.41) is 17.0. The van der Waals surface area contributed by atoms with E-state index in [1.165, 1.54) is 11.9 Å². The predicted octanol–water partition coefficient (Wildman–Crippen LogP) is 2.57. The van der Waals surface area contributed by atoms with E-state index in [-0.39, 0.29) is 25.4 Å². The minimum Gasteiger partial charge on any atom is -0.480 e. The van der Waals surface area contributed by atoms with E-state index >= 15 is 0 Å². The first-order valence-electron chi connectivity index (χ1n) is 14.3. The third-order valence-corrected chi connectivity index (χ3v) is 8.58. The van der Waals surface area contributed by atoms with E-state index in [4.69, 9.17) is 0 Å². The van der Waals surface area contributed by atoms with Crippen LogP contribution in [0.4, 0.5) is 13.6 Å². The molecule has 1 fully saturated rings. The molecule has 44 heavy (non-hydrogen) atoms. The minimum absolute atomic E-state index is 0.0278. The first-order chi connectivity index (χ1) is 19.8. The molecule has 1 saturated heterocycles. The summed E-state index contributed by atoms with van der Waals surface area (Å²) in [5.41, 5.74) is 2.45. The van der Waals surface area contributed by atoms with Crippen LogP contribution >= 0.6 is 0 Å². The Balaban J connectivity index is 3.38. The molecular weight excluding hydrogens is 600 g/mol. The SMILES string of the molecule is CC(C)=C=CC1C[C@@H](C(=O)N[C@@H](CC(F)F)C(=O)O)N(C(=O)[C@@H](NC(=O)N[C@H](CN(C)S(C)(=O)=O)C(C)(C)C)C(C)(C)C)C1. The molecule has 0 aromatic rings. The van der Waals surface area contributed by atoms with E-state index in [0.29, 0.717) is 0 Å². The highest BCUT2D eigenvalue weighted by atomic mass is 32.2. The molecule has 0 saturated carbocycles. The van der Waals surface area contributed by atoms with Gasteiger partial charge in [-0.3, -0.25) is 9.59 Å². The fourth-order valence-corrected chi connectivity index (χ4v) is 4.93. The lowest BCUT2D eigenvalue weighted by atomic mass is 9.85. The Morgan fingerprint density at radius 2 is 1.61 bits per heavy atom. The monoisotopic (exact) mass is 649 g/mol. The van der Waals surface area contributed by atoms with Gasteiger partial charge in [0.05, 0.1) is 6.26 Å². The van der Waals surface area contributed by atoms with Gasteiger partial charge in [-0.25, -0.2) is 31.1 Å². The number of sulfonamides is 1. The van der Waals surface area contributed by atoms with Gasteiger partial charge in [-0.05, 0) is 42.7 Å². The van der Waals surface area contributed by atoms with Crippen molar-refractivity contribution in [2.24, 2.45) is 16.7 Å². The largest absolute Gasteiger partial charge is 0.480 e. The highest BCUT2D eigenvalue weighted by Gasteiger charge is 2.45. The Kier molecular flexibility index (Phi) is 13.6. The molecule has 0 aromatic carbocycles. The second-order valence-corrected chi connectivity index (χ2v) is 15.8. The minimum atomic E-state index is -3.54. The molecule has 1 aliphatic rings. The van der Waals surface area contributed by atoms with Crippen LogP contribution in [0.25, 0.3) is 0 Å². The van der Waals surface area contributed by atoms with Gasteiger partial charge in [0, 0.05) is 38.5 Å². The van der Waals surface area contributed by atoms with Crippen molar-refractivity contribution in [2.45, 2.75) is 98.8 Å². The van der Waals surface area contributed by atoms with Gasteiger partial charge in [0.15, 0.2) is 0 Å². The third-order valence-electron chi connectivity index (χ3n) is 7.30. The van der Waals surface area contributed by atoms with Crippen molar-refractivity contribution in [1.29, 1.82) is 0 Å². The fraction of sp³-hybridized carbons (Fsp3) is 0.759. The molecule has 1 unspecified atom stereocenters. The van der Waals surface area contributed by atoms with Crippen molar-refractivity contribution in [3.8, 4) is 0 Å². The molecule has 12 nitrogen and oxygen atoms in total. The molecule has 5 atom stereocenters. The molecule has 0 aromatic heterocycles. The second-order valence-electron chi connectivity index (χ2n) is 13.7. The Bertz CT molecular complexity index is 1230. The normalized spacial score (nSPS) is 19.5. The molecule has 4 N–H and O–H groups in total. The molecule has 1 rings (SSSR count). The standard InChI is InChI=1S/C29H49F2N5O7S/c1-17(2)11-12-18-13-20(24(37)32-19(26(39)40)14-22(30)31)36(15-18)25(38)23(29(6,7)8)34-27(41)33-21(28(3,4)5)16-35(9)44(10,42)43/h12,18-23H,13-16H2,1-10H3,(H,32,37)(H,39,40)(H2,33,34,41)/t18?,19-,20-,21+,23+/m0/s1. The number of urea groups is 1. The molecule has 1 heterocycles. The molecule has 15 heteroatoms. The van der Waals surface area contributed by atoms with Gasteiger partial charge >= 0.3 is 12.0 Å². The van der Waals surface area contributed by atoms with Gasteiger partial charge in [-0.2, -0.15) is 0 Å². The van der Waals surface area contributed by atoms with Crippen molar-refractivity contribution < 1.29 is 41.5 Å². The third kappa shape index (κ3) is 12.2. The average molecular weight is 650 g/mol. The average Bonchev–Trinajstić information content (AvgIpc) is 3.27. The number of aliphatic carboxylic acids is 1. The van der Waals surface area contributed by atoms with Crippen molar-refractivity contribution in [3.63, 3.8) is 0 Å². The number of hydrogen-bond acceptors (Lipinski definition) is 6. The molecule has 1 aliphatic heterocycles. The van der Waals surface area contributed by atoms with Crippen LogP contribution < -0.4 is 16.0 Å². The number of nitrogens with one attached hydrogen (secondary N) is 3. The first kappa shape index (κ1) is 39.0. The zero-order valence-electron chi connectivity index (χ0n) is 27.3. The van der Waals surface area contributed by atoms with E-state index in [9.17, 15) is 41.5 Å². The summed E-state index contributed by atoms with van der Waals surface area (Å²) in [4.78, 5) is 53.4. The quantitative estimate of drug-likeness (QED) is 0.236. The lowest BCUT2D eigenvalue weighted by molar-refractivity contribution is -0.145. The number of rotatable bonds is 12. The number of halogens is 2. The number of carboxylic acid groups (broad SMARTS) is 1. The van der Waals surface area contributed by atoms with Crippen LogP contribution in [0, 0.1) is 16.7 Å². The molecular formula is C29H49F2N5O7S. The number of carbonyl (C=O) groups excluding carboxylic acids is 3. The van der Waals surface area contributed by atoms with E-state index < -0.39 is 81.7 Å². The van der Waals surface area contributed by atoms with Crippen LogP contribution in [0.15, 0.2) is 17.4 Å². The van der Waals surface area contributed by atoms with Gasteiger partial charge < -0.3 is 26.0 Å². The highest BCUT2D eigenvalue weighted by molar-refractivity contribution is 7.88. The summed E-state index contributed by atoms with van der Waals surface area (Å²) < 4.78 is 51.1. The Morgan fingerprint density at radius 1 is 1.05 bits per heavy atom. The van der Waals surface area contributed by atoms with Crippen LogP contribution in [0.5, 0.6) is 0 Å². The molecule has 0 bridgehead atoms. The van der Waals surface area contributed by atoms with Crippen LogP contribution in [0.1, 0.15) is 68.2 Å².